The zero-order valence-corrected chi connectivity index (χ0v) is 15.7. The van der Waals surface area contributed by atoms with E-state index in [0.29, 0.717) is 5.91 Å². The van der Waals surface area contributed by atoms with Gasteiger partial charge in [-0.3, -0.25) is 14.5 Å². The predicted molar refractivity (Wildman–Crippen MR) is 98.1 cm³/mol. The van der Waals surface area contributed by atoms with Crippen molar-refractivity contribution >= 4 is 23.6 Å². The summed E-state index contributed by atoms with van der Waals surface area (Å²) in [5.41, 5.74) is 0. The van der Waals surface area contributed by atoms with Crippen LogP contribution in [-0.4, -0.2) is 83.3 Å². The normalized spacial score (nSPS) is 25.5. The van der Waals surface area contributed by atoms with E-state index >= 15 is 0 Å². The Morgan fingerprint density at radius 3 is 2.21 bits per heavy atom. The molecule has 0 atom stereocenters. The Morgan fingerprint density at radius 2 is 1.54 bits per heavy atom. The molecule has 3 saturated heterocycles. The van der Waals surface area contributed by atoms with Gasteiger partial charge in [0.05, 0.1) is 0 Å². The molecule has 0 unspecified atom stereocenters. The molecule has 136 valence electrons. The number of likely N-dealkylation sites (tertiary alicyclic amines) is 1. The van der Waals surface area contributed by atoms with Crippen molar-refractivity contribution in [3.05, 3.63) is 0 Å². The van der Waals surface area contributed by atoms with Crippen LogP contribution >= 0.6 is 11.8 Å². The van der Waals surface area contributed by atoms with Gasteiger partial charge in [0.1, 0.15) is 0 Å². The van der Waals surface area contributed by atoms with Gasteiger partial charge in [-0.15, -0.1) is 0 Å². The molecule has 0 aliphatic carbocycles. The van der Waals surface area contributed by atoms with Crippen LogP contribution < -0.4 is 0 Å². The fourth-order valence-electron chi connectivity index (χ4n) is 4.27. The molecule has 0 aromatic heterocycles. The second-order valence-electron chi connectivity index (χ2n) is 7.34. The number of carbonyl (C=O) groups is 2. The molecule has 3 fully saturated rings. The Hall–Kier alpha value is -0.750. The van der Waals surface area contributed by atoms with Gasteiger partial charge in [-0.2, -0.15) is 11.8 Å². The Morgan fingerprint density at radius 1 is 0.833 bits per heavy atom. The molecular formula is C18H31N3O2S. The van der Waals surface area contributed by atoms with Crippen molar-refractivity contribution in [2.75, 3.05) is 50.8 Å². The van der Waals surface area contributed by atoms with Crippen LogP contribution in [0.15, 0.2) is 0 Å². The van der Waals surface area contributed by atoms with E-state index in [9.17, 15) is 9.59 Å². The highest BCUT2D eigenvalue weighted by atomic mass is 32.2. The van der Waals surface area contributed by atoms with Crippen molar-refractivity contribution in [2.24, 2.45) is 5.92 Å². The minimum Gasteiger partial charge on any atom is -0.343 e. The molecule has 3 aliphatic rings. The molecule has 0 saturated carbocycles. The zero-order chi connectivity index (χ0) is 16.9. The van der Waals surface area contributed by atoms with Gasteiger partial charge >= 0.3 is 0 Å². The third kappa shape index (κ3) is 4.45. The topological polar surface area (TPSA) is 43.9 Å². The lowest BCUT2D eigenvalue weighted by Crippen LogP contribution is -2.45. The van der Waals surface area contributed by atoms with Gasteiger partial charge in [0.2, 0.25) is 11.8 Å². The maximum atomic E-state index is 12.9. The molecule has 2 amide bonds. The average Bonchev–Trinajstić information content (AvgIpc) is 2.88. The van der Waals surface area contributed by atoms with Crippen molar-refractivity contribution in [1.29, 1.82) is 0 Å². The molecule has 6 heteroatoms. The number of thioether (sulfide) groups is 1. The van der Waals surface area contributed by atoms with E-state index in [1.807, 2.05) is 4.90 Å². The van der Waals surface area contributed by atoms with Crippen molar-refractivity contribution in [2.45, 2.75) is 45.1 Å². The number of nitrogens with zero attached hydrogens (tertiary/aromatic N) is 3. The Kier molecular flexibility index (Phi) is 6.44. The Balaban J connectivity index is 1.48. The van der Waals surface area contributed by atoms with Gasteiger partial charge in [0, 0.05) is 58.2 Å². The zero-order valence-electron chi connectivity index (χ0n) is 14.9. The minimum absolute atomic E-state index is 0.123. The van der Waals surface area contributed by atoms with Crippen LogP contribution in [-0.2, 0) is 9.59 Å². The van der Waals surface area contributed by atoms with E-state index in [1.54, 1.807) is 6.92 Å². The third-order valence-electron chi connectivity index (χ3n) is 5.84. The SMILES string of the molecule is CC(=O)N1CCC(C(=O)N2CCCN(C3CCSCC3)CC2)CC1. The number of amides is 2. The van der Waals surface area contributed by atoms with Crippen molar-refractivity contribution in [3.8, 4) is 0 Å². The molecule has 0 aromatic carbocycles. The summed E-state index contributed by atoms with van der Waals surface area (Å²) in [4.78, 5) is 30.9. The van der Waals surface area contributed by atoms with Crippen LogP contribution in [0.2, 0.25) is 0 Å². The van der Waals surface area contributed by atoms with Crippen LogP contribution in [0.5, 0.6) is 0 Å². The second-order valence-corrected chi connectivity index (χ2v) is 8.56. The summed E-state index contributed by atoms with van der Waals surface area (Å²) >= 11 is 2.08. The quantitative estimate of drug-likeness (QED) is 0.758. The Labute approximate surface area is 150 Å². The standard InChI is InChI=1S/C18H31N3O2S/c1-15(22)19-9-3-16(4-10-19)18(23)21-8-2-7-20(11-12-21)17-5-13-24-14-6-17/h16-17H,2-14H2,1H3. The summed E-state index contributed by atoms with van der Waals surface area (Å²) in [7, 11) is 0. The number of piperidine rings is 1. The smallest absolute Gasteiger partial charge is 0.225 e. The van der Waals surface area contributed by atoms with E-state index in [2.05, 4.69) is 21.6 Å². The first-order valence-electron chi connectivity index (χ1n) is 9.51. The molecule has 3 rings (SSSR count). The van der Waals surface area contributed by atoms with E-state index in [0.717, 1.165) is 64.6 Å². The predicted octanol–water partition coefficient (Wildman–Crippen LogP) is 1.67. The number of rotatable bonds is 2. The summed E-state index contributed by atoms with van der Waals surface area (Å²) in [6.45, 7) is 7.07. The highest BCUT2D eigenvalue weighted by molar-refractivity contribution is 7.99. The highest BCUT2D eigenvalue weighted by Gasteiger charge is 2.31. The second kappa shape index (κ2) is 8.56. The molecule has 0 N–H and O–H groups in total. The van der Waals surface area contributed by atoms with Gasteiger partial charge < -0.3 is 9.80 Å². The number of carbonyl (C=O) groups excluding carboxylic acids is 2. The molecule has 3 aliphatic heterocycles. The summed E-state index contributed by atoms with van der Waals surface area (Å²) in [6.07, 6.45) is 5.38. The maximum Gasteiger partial charge on any atom is 0.225 e. The fraction of sp³-hybridized carbons (Fsp3) is 0.889. The summed E-state index contributed by atoms with van der Waals surface area (Å²) in [5.74, 6) is 3.17. The van der Waals surface area contributed by atoms with E-state index in [4.69, 9.17) is 0 Å². The molecular weight excluding hydrogens is 322 g/mol. The van der Waals surface area contributed by atoms with Crippen molar-refractivity contribution in [1.82, 2.24) is 14.7 Å². The minimum atomic E-state index is 0.123. The first-order chi connectivity index (χ1) is 11.6. The molecule has 0 bridgehead atoms. The monoisotopic (exact) mass is 353 g/mol. The van der Waals surface area contributed by atoms with Crippen molar-refractivity contribution in [3.63, 3.8) is 0 Å². The van der Waals surface area contributed by atoms with Crippen LogP contribution in [0, 0.1) is 5.92 Å². The van der Waals surface area contributed by atoms with Gasteiger partial charge in [-0.05, 0) is 43.6 Å². The lowest BCUT2D eigenvalue weighted by atomic mass is 9.95. The highest BCUT2D eigenvalue weighted by Crippen LogP contribution is 2.24. The van der Waals surface area contributed by atoms with Gasteiger partial charge in [-0.25, -0.2) is 0 Å². The Bertz CT molecular complexity index is 446. The number of hydrogen-bond acceptors (Lipinski definition) is 4. The third-order valence-corrected chi connectivity index (χ3v) is 6.89. The van der Waals surface area contributed by atoms with Crippen LogP contribution in [0.25, 0.3) is 0 Å². The van der Waals surface area contributed by atoms with Crippen LogP contribution in [0.3, 0.4) is 0 Å². The van der Waals surface area contributed by atoms with Crippen LogP contribution in [0.1, 0.15) is 39.0 Å². The van der Waals surface area contributed by atoms with Gasteiger partial charge in [-0.1, -0.05) is 0 Å². The summed E-state index contributed by atoms with van der Waals surface area (Å²) in [6, 6.07) is 0.736. The molecule has 0 spiro atoms. The van der Waals surface area contributed by atoms with Gasteiger partial charge in [0.25, 0.3) is 0 Å². The van der Waals surface area contributed by atoms with Crippen LogP contribution in [0.4, 0.5) is 0 Å². The maximum absolute atomic E-state index is 12.9. The van der Waals surface area contributed by atoms with Crippen molar-refractivity contribution < 1.29 is 9.59 Å². The van der Waals surface area contributed by atoms with E-state index in [1.165, 1.54) is 24.3 Å². The molecule has 5 nitrogen and oxygen atoms in total. The molecule has 24 heavy (non-hydrogen) atoms. The first-order valence-corrected chi connectivity index (χ1v) is 10.7. The largest absolute Gasteiger partial charge is 0.343 e. The molecule has 0 radical (unpaired) electrons. The van der Waals surface area contributed by atoms with E-state index < -0.39 is 0 Å². The fourth-order valence-corrected chi connectivity index (χ4v) is 5.35. The number of hydrogen-bond donors (Lipinski definition) is 0. The first kappa shape index (κ1) is 18.1. The average molecular weight is 354 g/mol. The van der Waals surface area contributed by atoms with E-state index in [-0.39, 0.29) is 11.8 Å². The molecule has 0 aromatic rings. The molecule has 3 heterocycles. The lowest BCUT2D eigenvalue weighted by molar-refractivity contribution is -0.140. The summed E-state index contributed by atoms with van der Waals surface area (Å²) < 4.78 is 0. The van der Waals surface area contributed by atoms with Gasteiger partial charge in [0.15, 0.2) is 0 Å². The lowest BCUT2D eigenvalue weighted by Gasteiger charge is -2.34. The summed E-state index contributed by atoms with van der Waals surface area (Å²) in [5, 5.41) is 0.